The maximum absolute atomic E-state index is 6.14. The van der Waals surface area contributed by atoms with E-state index in [1.165, 1.54) is 22.8 Å². The lowest BCUT2D eigenvalue weighted by atomic mass is 9.98. The Morgan fingerprint density at radius 2 is 1.95 bits per heavy atom. The van der Waals surface area contributed by atoms with Crippen LogP contribution in [0.5, 0.6) is 0 Å². The maximum Gasteiger partial charge on any atom is 0.0477 e. The van der Waals surface area contributed by atoms with Gasteiger partial charge in [-0.3, -0.25) is 4.90 Å². The Bertz CT molecular complexity index is 603. The summed E-state index contributed by atoms with van der Waals surface area (Å²) < 4.78 is 0. The van der Waals surface area contributed by atoms with Gasteiger partial charge in [0, 0.05) is 31.7 Å². The van der Waals surface area contributed by atoms with Crippen LogP contribution in [0.3, 0.4) is 0 Å². The number of likely N-dealkylation sites (N-methyl/N-ethyl adjacent to an activating group) is 1. The van der Waals surface area contributed by atoms with Gasteiger partial charge in [0.25, 0.3) is 0 Å². The van der Waals surface area contributed by atoms with Gasteiger partial charge in [0.05, 0.1) is 0 Å². The lowest BCUT2D eigenvalue weighted by Gasteiger charge is -2.29. The molecule has 1 saturated heterocycles. The van der Waals surface area contributed by atoms with E-state index < -0.39 is 0 Å². The van der Waals surface area contributed by atoms with Gasteiger partial charge in [0.1, 0.15) is 0 Å². The van der Waals surface area contributed by atoms with E-state index in [4.69, 9.17) is 5.73 Å². The molecule has 2 N–H and O–H groups in total. The third-order valence-electron chi connectivity index (χ3n) is 4.77. The zero-order valence-electron chi connectivity index (χ0n) is 13.0. The van der Waals surface area contributed by atoms with Crippen LogP contribution in [0.2, 0.25) is 0 Å². The van der Waals surface area contributed by atoms with Crippen molar-refractivity contribution in [2.75, 3.05) is 33.7 Å². The van der Waals surface area contributed by atoms with Gasteiger partial charge in [-0.1, -0.05) is 42.5 Å². The summed E-state index contributed by atoms with van der Waals surface area (Å²) in [4.78, 5) is 4.88. The topological polar surface area (TPSA) is 32.5 Å². The number of fused-ring (bicyclic) bond motifs is 1. The highest BCUT2D eigenvalue weighted by Gasteiger charge is 2.30. The molecule has 0 saturated carbocycles. The summed E-state index contributed by atoms with van der Waals surface area (Å²) in [5, 5.41) is 2.64. The number of rotatable bonds is 4. The normalized spacial score (nSPS) is 21.2. The molecule has 2 aromatic rings. The molecule has 3 rings (SSSR count). The van der Waals surface area contributed by atoms with Crippen molar-refractivity contribution in [1.82, 2.24) is 9.80 Å². The van der Waals surface area contributed by atoms with E-state index in [1.807, 2.05) is 0 Å². The van der Waals surface area contributed by atoms with Crippen LogP contribution in [-0.4, -0.2) is 49.6 Å². The largest absolute Gasteiger partial charge is 0.329 e. The smallest absolute Gasteiger partial charge is 0.0477 e. The van der Waals surface area contributed by atoms with Gasteiger partial charge in [0.15, 0.2) is 0 Å². The number of hydrogen-bond donors (Lipinski definition) is 1. The molecule has 3 heteroatoms. The van der Waals surface area contributed by atoms with Crippen LogP contribution in [0.1, 0.15) is 18.0 Å². The number of benzene rings is 2. The molecule has 0 aliphatic carbocycles. The summed E-state index contributed by atoms with van der Waals surface area (Å²) in [6, 6.07) is 16.1. The van der Waals surface area contributed by atoms with Gasteiger partial charge in [-0.15, -0.1) is 0 Å². The van der Waals surface area contributed by atoms with Crippen LogP contribution in [0, 0.1) is 0 Å². The Labute approximate surface area is 127 Å². The predicted octanol–water partition coefficient (Wildman–Crippen LogP) is 2.48. The molecule has 2 atom stereocenters. The third-order valence-corrected chi connectivity index (χ3v) is 4.77. The molecule has 0 aromatic heterocycles. The number of hydrogen-bond acceptors (Lipinski definition) is 3. The Hall–Kier alpha value is -1.42. The van der Waals surface area contributed by atoms with Crippen molar-refractivity contribution in [1.29, 1.82) is 0 Å². The minimum absolute atomic E-state index is 0.320. The molecule has 2 unspecified atom stereocenters. The standard InChI is InChI=1S/C18H25N3/c1-20(2)15-10-11-21(13-15)18(12-19)17-9-5-7-14-6-3-4-8-16(14)17/h3-9,15,18H,10-13,19H2,1-2H3. The summed E-state index contributed by atoms with van der Waals surface area (Å²) in [6.45, 7) is 2.92. The zero-order chi connectivity index (χ0) is 14.8. The summed E-state index contributed by atoms with van der Waals surface area (Å²) in [6.07, 6.45) is 1.23. The summed E-state index contributed by atoms with van der Waals surface area (Å²) >= 11 is 0. The highest BCUT2D eigenvalue weighted by molar-refractivity contribution is 5.86. The number of likely N-dealkylation sites (tertiary alicyclic amines) is 1. The van der Waals surface area contributed by atoms with Crippen LogP contribution in [0.25, 0.3) is 10.8 Å². The van der Waals surface area contributed by atoms with Crippen molar-refractivity contribution in [3.8, 4) is 0 Å². The molecule has 0 radical (unpaired) electrons. The first-order chi connectivity index (χ1) is 10.2. The third kappa shape index (κ3) is 2.82. The zero-order valence-corrected chi connectivity index (χ0v) is 13.0. The van der Waals surface area contributed by atoms with Crippen LogP contribution in [0.4, 0.5) is 0 Å². The average molecular weight is 283 g/mol. The van der Waals surface area contributed by atoms with Crippen LogP contribution >= 0.6 is 0 Å². The second-order valence-corrected chi connectivity index (χ2v) is 6.22. The Morgan fingerprint density at radius 1 is 1.19 bits per heavy atom. The number of nitrogens with zero attached hydrogens (tertiary/aromatic N) is 2. The molecule has 2 aromatic carbocycles. The minimum Gasteiger partial charge on any atom is -0.329 e. The Morgan fingerprint density at radius 3 is 2.67 bits per heavy atom. The molecular formula is C18H25N3. The van der Waals surface area contributed by atoms with Crippen LogP contribution < -0.4 is 5.73 Å². The molecular weight excluding hydrogens is 258 g/mol. The first-order valence-corrected chi connectivity index (χ1v) is 7.79. The maximum atomic E-state index is 6.14. The monoisotopic (exact) mass is 283 g/mol. The van der Waals surface area contributed by atoms with Crippen LogP contribution in [0.15, 0.2) is 42.5 Å². The first-order valence-electron chi connectivity index (χ1n) is 7.79. The van der Waals surface area contributed by atoms with Crippen LogP contribution in [-0.2, 0) is 0 Å². The van der Waals surface area contributed by atoms with Crippen molar-refractivity contribution in [2.45, 2.75) is 18.5 Å². The number of nitrogens with two attached hydrogens (primary N) is 1. The highest BCUT2D eigenvalue weighted by atomic mass is 15.2. The quantitative estimate of drug-likeness (QED) is 0.935. The van der Waals surface area contributed by atoms with Crippen molar-refractivity contribution < 1.29 is 0 Å². The minimum atomic E-state index is 0.320. The highest BCUT2D eigenvalue weighted by Crippen LogP contribution is 2.30. The molecule has 1 aliphatic rings. The summed E-state index contributed by atoms with van der Waals surface area (Å²) in [5.41, 5.74) is 7.51. The molecule has 0 spiro atoms. The fourth-order valence-corrected chi connectivity index (χ4v) is 3.49. The second kappa shape index (κ2) is 6.14. The van der Waals surface area contributed by atoms with Crippen molar-refractivity contribution in [3.63, 3.8) is 0 Å². The molecule has 0 amide bonds. The van der Waals surface area contributed by atoms with E-state index in [-0.39, 0.29) is 0 Å². The van der Waals surface area contributed by atoms with Gasteiger partial charge in [-0.2, -0.15) is 0 Å². The Kier molecular flexibility index (Phi) is 4.24. The first kappa shape index (κ1) is 14.5. The molecule has 0 bridgehead atoms. The van der Waals surface area contributed by atoms with E-state index >= 15 is 0 Å². The van der Waals surface area contributed by atoms with E-state index in [1.54, 1.807) is 0 Å². The molecule has 112 valence electrons. The fourth-order valence-electron chi connectivity index (χ4n) is 3.49. The predicted molar refractivity (Wildman–Crippen MR) is 89.4 cm³/mol. The van der Waals surface area contributed by atoms with Gasteiger partial charge in [-0.25, -0.2) is 0 Å². The van der Waals surface area contributed by atoms with E-state index in [0.717, 1.165) is 13.1 Å². The van der Waals surface area contributed by atoms with E-state index in [0.29, 0.717) is 18.6 Å². The molecule has 3 nitrogen and oxygen atoms in total. The van der Waals surface area contributed by atoms with Gasteiger partial charge >= 0.3 is 0 Å². The molecule has 1 heterocycles. The van der Waals surface area contributed by atoms with Crippen molar-refractivity contribution >= 4 is 10.8 Å². The second-order valence-electron chi connectivity index (χ2n) is 6.22. The van der Waals surface area contributed by atoms with Gasteiger partial charge in [0.2, 0.25) is 0 Å². The fraction of sp³-hybridized carbons (Fsp3) is 0.444. The van der Waals surface area contributed by atoms with Crippen molar-refractivity contribution in [3.05, 3.63) is 48.0 Å². The lowest BCUT2D eigenvalue weighted by Crippen LogP contribution is -2.36. The SMILES string of the molecule is CN(C)C1CCN(C(CN)c2cccc3ccccc23)C1. The van der Waals surface area contributed by atoms with Gasteiger partial charge in [-0.05, 0) is 36.9 Å². The van der Waals surface area contributed by atoms with Crippen molar-refractivity contribution in [2.24, 2.45) is 5.73 Å². The molecule has 1 fully saturated rings. The van der Waals surface area contributed by atoms with E-state index in [9.17, 15) is 0 Å². The lowest BCUT2D eigenvalue weighted by molar-refractivity contribution is 0.221. The summed E-state index contributed by atoms with van der Waals surface area (Å²) in [7, 11) is 4.34. The molecule has 21 heavy (non-hydrogen) atoms. The van der Waals surface area contributed by atoms with Gasteiger partial charge < -0.3 is 10.6 Å². The summed E-state index contributed by atoms with van der Waals surface area (Å²) in [5.74, 6) is 0. The molecule has 1 aliphatic heterocycles. The Balaban J connectivity index is 1.92. The van der Waals surface area contributed by atoms with E-state index in [2.05, 4.69) is 66.4 Å². The average Bonchev–Trinajstić information content (AvgIpc) is 2.98.